The lowest BCUT2D eigenvalue weighted by molar-refractivity contribution is 0.156. The summed E-state index contributed by atoms with van der Waals surface area (Å²) in [5.41, 5.74) is 1.77. The molecule has 1 spiro atoms. The van der Waals surface area contributed by atoms with Crippen molar-refractivity contribution in [1.82, 2.24) is 15.2 Å². The van der Waals surface area contributed by atoms with Crippen molar-refractivity contribution in [3.05, 3.63) is 15.6 Å². The minimum Gasteiger partial charge on any atom is -0.381 e. The molecule has 26 heavy (non-hydrogen) atoms. The average molecular weight is 490 g/mol. The predicted molar refractivity (Wildman–Crippen MR) is 118 cm³/mol. The highest BCUT2D eigenvalue weighted by molar-refractivity contribution is 14.0. The van der Waals surface area contributed by atoms with E-state index in [1.165, 1.54) is 49.2 Å². The number of nitrogens with zero attached hydrogens (tertiary/aromatic N) is 3. The lowest BCUT2D eigenvalue weighted by Gasteiger charge is -2.24. The number of thiazole rings is 1. The van der Waals surface area contributed by atoms with Crippen LogP contribution in [0.1, 0.15) is 47.7 Å². The normalized spacial score (nSPS) is 25.4. The Labute approximate surface area is 178 Å². The molecule has 1 N–H and O–H groups in total. The molecule has 7 heteroatoms. The molecule has 2 saturated heterocycles. The van der Waals surface area contributed by atoms with Crippen molar-refractivity contribution in [1.29, 1.82) is 0 Å². The molecule has 1 aromatic heterocycles. The molecule has 2 fully saturated rings. The van der Waals surface area contributed by atoms with Crippen LogP contribution in [0.25, 0.3) is 0 Å². The lowest BCUT2D eigenvalue weighted by atomic mass is 9.87. The second kappa shape index (κ2) is 9.19. The number of hydrogen-bond acceptors (Lipinski definition) is 4. The van der Waals surface area contributed by atoms with Crippen LogP contribution in [-0.2, 0) is 24.0 Å². The number of rotatable bonds is 4. The first-order valence-corrected chi connectivity index (χ1v) is 10.6. The Bertz CT molecular complexity index is 604. The van der Waals surface area contributed by atoms with Crippen LogP contribution in [0.2, 0.25) is 0 Å². The minimum atomic E-state index is 0. The van der Waals surface area contributed by atoms with E-state index >= 15 is 0 Å². The third-order valence-electron chi connectivity index (χ3n) is 5.88. The second-order valence-electron chi connectivity index (χ2n) is 7.74. The zero-order valence-corrected chi connectivity index (χ0v) is 18.9. The van der Waals surface area contributed by atoms with Gasteiger partial charge in [-0.2, -0.15) is 0 Å². The molecular formula is C19H31IN4OS. The average Bonchev–Trinajstić information content (AvgIpc) is 3.36. The summed E-state index contributed by atoms with van der Waals surface area (Å²) in [6, 6.07) is 0. The van der Waals surface area contributed by atoms with Crippen LogP contribution in [0.4, 0.5) is 0 Å². The highest BCUT2D eigenvalue weighted by atomic mass is 127. The van der Waals surface area contributed by atoms with Crippen LogP contribution < -0.4 is 5.32 Å². The second-order valence-corrected chi connectivity index (χ2v) is 8.90. The van der Waals surface area contributed by atoms with Crippen LogP contribution in [0.15, 0.2) is 4.99 Å². The third kappa shape index (κ3) is 4.52. The zero-order valence-electron chi connectivity index (χ0n) is 15.8. The molecule has 0 aromatic carbocycles. The first-order valence-electron chi connectivity index (χ1n) is 9.79. The van der Waals surface area contributed by atoms with Crippen LogP contribution in [0.3, 0.4) is 0 Å². The number of guanidine groups is 1. The molecular weight excluding hydrogens is 459 g/mol. The number of hydrogen-bond donors (Lipinski definition) is 1. The Morgan fingerprint density at radius 1 is 1.35 bits per heavy atom. The number of aromatic nitrogens is 1. The van der Waals surface area contributed by atoms with E-state index in [-0.39, 0.29) is 24.0 Å². The fourth-order valence-electron chi connectivity index (χ4n) is 4.37. The Balaban J connectivity index is 0.00000196. The Morgan fingerprint density at radius 2 is 2.23 bits per heavy atom. The maximum atomic E-state index is 5.63. The molecule has 1 aliphatic carbocycles. The first kappa shape index (κ1) is 20.3. The van der Waals surface area contributed by atoms with Gasteiger partial charge in [-0.3, -0.25) is 4.99 Å². The van der Waals surface area contributed by atoms with Crippen molar-refractivity contribution in [2.75, 3.05) is 39.9 Å². The molecule has 2 aliphatic heterocycles. The van der Waals surface area contributed by atoms with Gasteiger partial charge >= 0.3 is 0 Å². The van der Waals surface area contributed by atoms with E-state index in [0.29, 0.717) is 5.41 Å². The molecule has 0 bridgehead atoms. The van der Waals surface area contributed by atoms with E-state index in [4.69, 9.17) is 9.72 Å². The van der Waals surface area contributed by atoms with Crippen LogP contribution in [0.5, 0.6) is 0 Å². The maximum Gasteiger partial charge on any atom is 0.193 e. The molecule has 4 rings (SSSR count). The number of ether oxygens (including phenoxy) is 1. The number of nitrogens with one attached hydrogen (secondary N) is 1. The van der Waals surface area contributed by atoms with Gasteiger partial charge in [0, 0.05) is 50.0 Å². The summed E-state index contributed by atoms with van der Waals surface area (Å²) >= 11 is 1.94. The minimum absolute atomic E-state index is 0. The van der Waals surface area contributed by atoms with Crippen molar-refractivity contribution >= 4 is 41.3 Å². The Hall–Kier alpha value is -0.410. The largest absolute Gasteiger partial charge is 0.381 e. The van der Waals surface area contributed by atoms with Gasteiger partial charge in [0.1, 0.15) is 0 Å². The monoisotopic (exact) mass is 490 g/mol. The van der Waals surface area contributed by atoms with Crippen molar-refractivity contribution in [3.8, 4) is 0 Å². The summed E-state index contributed by atoms with van der Waals surface area (Å²) in [5.74, 6) is 1.06. The van der Waals surface area contributed by atoms with Crippen LogP contribution in [-0.4, -0.2) is 55.7 Å². The fourth-order valence-corrected chi connectivity index (χ4v) is 5.57. The number of halogens is 1. The maximum absolute atomic E-state index is 5.63. The van der Waals surface area contributed by atoms with Crippen LogP contribution in [0, 0.1) is 5.41 Å². The van der Waals surface area contributed by atoms with E-state index in [1.54, 1.807) is 4.88 Å². The summed E-state index contributed by atoms with van der Waals surface area (Å²) in [5, 5.41) is 4.89. The van der Waals surface area contributed by atoms with Crippen molar-refractivity contribution in [2.24, 2.45) is 10.4 Å². The van der Waals surface area contributed by atoms with Gasteiger partial charge in [-0.05, 0) is 44.9 Å². The fraction of sp³-hybridized carbons (Fsp3) is 0.789. The molecule has 0 radical (unpaired) electrons. The molecule has 1 atom stereocenters. The number of fused-ring (bicyclic) bond motifs is 1. The summed E-state index contributed by atoms with van der Waals surface area (Å²) in [7, 11) is 1.90. The summed E-state index contributed by atoms with van der Waals surface area (Å²) in [6.45, 7) is 5.01. The van der Waals surface area contributed by atoms with Crippen molar-refractivity contribution in [2.45, 2.75) is 51.4 Å². The van der Waals surface area contributed by atoms with E-state index in [2.05, 4.69) is 15.2 Å². The third-order valence-corrected chi connectivity index (χ3v) is 7.09. The number of aliphatic imine (C=N–C) groups is 1. The predicted octanol–water partition coefficient (Wildman–Crippen LogP) is 3.26. The van der Waals surface area contributed by atoms with Crippen molar-refractivity contribution < 1.29 is 4.74 Å². The van der Waals surface area contributed by atoms with E-state index < -0.39 is 0 Å². The molecule has 1 aromatic rings. The van der Waals surface area contributed by atoms with E-state index in [9.17, 15) is 0 Å². The van der Waals surface area contributed by atoms with Gasteiger partial charge in [0.05, 0.1) is 17.3 Å². The molecule has 3 heterocycles. The van der Waals surface area contributed by atoms with E-state index in [0.717, 1.165) is 51.6 Å². The van der Waals surface area contributed by atoms with Gasteiger partial charge in [0.2, 0.25) is 0 Å². The summed E-state index contributed by atoms with van der Waals surface area (Å²) < 4.78 is 5.63. The summed E-state index contributed by atoms with van der Waals surface area (Å²) in [6.07, 6.45) is 9.74. The molecule has 0 amide bonds. The molecule has 146 valence electrons. The Morgan fingerprint density at radius 3 is 3.00 bits per heavy atom. The van der Waals surface area contributed by atoms with Crippen molar-refractivity contribution in [3.63, 3.8) is 0 Å². The quantitative estimate of drug-likeness (QED) is 0.305. The number of likely N-dealkylation sites (tertiary alicyclic amines) is 1. The smallest absolute Gasteiger partial charge is 0.193 e. The number of aryl methyl sites for hydroxylation is 3. The van der Waals surface area contributed by atoms with Gasteiger partial charge in [-0.1, -0.05) is 0 Å². The van der Waals surface area contributed by atoms with Gasteiger partial charge in [-0.25, -0.2) is 4.98 Å². The Kier molecular flexibility index (Phi) is 7.18. The van der Waals surface area contributed by atoms with Gasteiger partial charge in [-0.15, -0.1) is 35.3 Å². The topological polar surface area (TPSA) is 49.8 Å². The molecule has 0 saturated carbocycles. The lowest BCUT2D eigenvalue weighted by Crippen LogP contribution is -2.41. The summed E-state index contributed by atoms with van der Waals surface area (Å²) in [4.78, 5) is 13.3. The standard InChI is InChI=1S/C19H30N4OS.HI/c1-20-18(23-11-8-19(13-23)9-12-24-14-19)21-10-4-7-17-22-15-5-2-3-6-16(15)25-17;/h2-14H2,1H3,(H,20,21);1H. The van der Waals surface area contributed by atoms with Gasteiger partial charge < -0.3 is 15.0 Å². The van der Waals surface area contributed by atoms with Crippen LogP contribution >= 0.6 is 35.3 Å². The highest BCUT2D eigenvalue weighted by Crippen LogP contribution is 2.38. The molecule has 3 aliphatic rings. The highest BCUT2D eigenvalue weighted by Gasteiger charge is 2.42. The first-order chi connectivity index (χ1) is 12.3. The van der Waals surface area contributed by atoms with Gasteiger partial charge in [0.15, 0.2) is 5.96 Å². The van der Waals surface area contributed by atoms with Gasteiger partial charge in [0.25, 0.3) is 0 Å². The zero-order chi connectivity index (χ0) is 17.1. The SMILES string of the molecule is CN=C(NCCCc1nc2c(s1)CCCC2)N1CCC2(CCOC2)C1.I. The molecule has 1 unspecified atom stereocenters. The molecule has 5 nitrogen and oxygen atoms in total. The van der Waals surface area contributed by atoms with E-state index in [1.807, 2.05) is 18.4 Å².